The van der Waals surface area contributed by atoms with Gasteiger partial charge >= 0.3 is 5.97 Å². The van der Waals surface area contributed by atoms with Crippen LogP contribution in [0.5, 0.6) is 0 Å². The highest BCUT2D eigenvalue weighted by Crippen LogP contribution is 2.26. The summed E-state index contributed by atoms with van der Waals surface area (Å²) in [5.74, 6) is -0.376. The fraction of sp³-hybridized carbons (Fsp3) is 0.939. The summed E-state index contributed by atoms with van der Waals surface area (Å²) in [7, 11) is 0. The van der Waals surface area contributed by atoms with E-state index in [0.717, 1.165) is 44.9 Å². The number of esters is 1. The van der Waals surface area contributed by atoms with Crippen LogP contribution in [0.3, 0.4) is 0 Å². The van der Waals surface area contributed by atoms with Gasteiger partial charge in [0.25, 0.3) is 0 Å². The van der Waals surface area contributed by atoms with Crippen molar-refractivity contribution in [2.75, 3.05) is 33.0 Å². The second-order valence-electron chi connectivity index (χ2n) is 18.0. The van der Waals surface area contributed by atoms with Crippen molar-refractivity contribution in [2.45, 2.75) is 261 Å². The molecular formula is C49H92O14. The van der Waals surface area contributed by atoms with E-state index in [2.05, 4.69) is 26.0 Å². The van der Waals surface area contributed by atoms with Crippen molar-refractivity contribution in [2.24, 2.45) is 0 Å². The summed E-state index contributed by atoms with van der Waals surface area (Å²) in [5, 5.41) is 72.0. The van der Waals surface area contributed by atoms with Crippen LogP contribution in [0, 0.1) is 0 Å². The zero-order valence-electron chi connectivity index (χ0n) is 39.3. The molecule has 0 saturated carbocycles. The van der Waals surface area contributed by atoms with Gasteiger partial charge in [0.05, 0.1) is 26.4 Å². The van der Waals surface area contributed by atoms with Crippen molar-refractivity contribution < 1.29 is 69.0 Å². The highest BCUT2D eigenvalue weighted by Gasteiger charge is 2.47. The van der Waals surface area contributed by atoms with Crippen LogP contribution in [-0.4, -0.2) is 142 Å². The molecule has 2 rings (SSSR count). The van der Waals surface area contributed by atoms with Crippen LogP contribution in [0.15, 0.2) is 12.2 Å². The number of carbonyl (C=O) groups is 1. The van der Waals surface area contributed by atoms with Gasteiger partial charge in [0.1, 0.15) is 54.9 Å². The Morgan fingerprint density at radius 2 is 0.937 bits per heavy atom. The Kier molecular flexibility index (Phi) is 34.7. The molecule has 11 atom stereocenters. The molecule has 2 fully saturated rings. The fourth-order valence-corrected chi connectivity index (χ4v) is 8.10. The molecule has 0 aromatic carbocycles. The van der Waals surface area contributed by atoms with Gasteiger partial charge in [0.2, 0.25) is 0 Å². The lowest BCUT2D eigenvalue weighted by molar-refractivity contribution is -0.332. The molecule has 11 unspecified atom stereocenters. The molecule has 2 aliphatic rings. The first-order valence-corrected chi connectivity index (χ1v) is 25.3. The van der Waals surface area contributed by atoms with Gasteiger partial charge in [-0.3, -0.25) is 4.79 Å². The number of hydrogen-bond donors (Lipinski definition) is 7. The fourth-order valence-electron chi connectivity index (χ4n) is 8.10. The van der Waals surface area contributed by atoms with Gasteiger partial charge in [-0.15, -0.1) is 0 Å². The van der Waals surface area contributed by atoms with E-state index in [1.807, 2.05) is 0 Å². The third-order valence-corrected chi connectivity index (χ3v) is 12.3. The summed E-state index contributed by atoms with van der Waals surface area (Å²) in [6.45, 7) is 3.69. The number of allylic oxidation sites excluding steroid dienone is 2. The lowest BCUT2D eigenvalue weighted by atomic mass is 9.98. The number of ether oxygens (including phenoxy) is 6. The molecule has 0 bridgehead atoms. The van der Waals surface area contributed by atoms with Crippen LogP contribution in [-0.2, 0) is 33.2 Å². The van der Waals surface area contributed by atoms with E-state index < -0.39 is 80.7 Å². The molecule has 0 radical (unpaired) electrons. The van der Waals surface area contributed by atoms with Crippen LogP contribution in [0.1, 0.15) is 194 Å². The number of rotatable bonds is 40. The average molecular weight is 905 g/mol. The van der Waals surface area contributed by atoms with Crippen molar-refractivity contribution in [3.63, 3.8) is 0 Å². The molecule has 63 heavy (non-hydrogen) atoms. The highest BCUT2D eigenvalue weighted by atomic mass is 16.7. The third-order valence-electron chi connectivity index (χ3n) is 12.3. The molecule has 372 valence electrons. The second-order valence-corrected chi connectivity index (χ2v) is 18.0. The van der Waals surface area contributed by atoms with E-state index >= 15 is 0 Å². The van der Waals surface area contributed by atoms with Gasteiger partial charge in [-0.05, 0) is 38.5 Å². The summed E-state index contributed by atoms with van der Waals surface area (Å²) in [4.78, 5) is 13.0. The van der Waals surface area contributed by atoms with Crippen LogP contribution >= 0.6 is 0 Å². The monoisotopic (exact) mass is 905 g/mol. The van der Waals surface area contributed by atoms with Crippen LogP contribution in [0.4, 0.5) is 0 Å². The summed E-state index contributed by atoms with van der Waals surface area (Å²) >= 11 is 0. The topological polar surface area (TPSA) is 214 Å². The van der Waals surface area contributed by atoms with E-state index in [4.69, 9.17) is 28.4 Å². The van der Waals surface area contributed by atoms with Gasteiger partial charge in [-0.25, -0.2) is 0 Å². The maximum absolute atomic E-state index is 13.0. The minimum Gasteiger partial charge on any atom is -0.457 e. The van der Waals surface area contributed by atoms with E-state index in [0.29, 0.717) is 13.0 Å². The molecule has 0 spiro atoms. The molecule has 2 saturated heterocycles. The Morgan fingerprint density at radius 1 is 0.508 bits per heavy atom. The molecule has 2 heterocycles. The van der Waals surface area contributed by atoms with Gasteiger partial charge in [0.15, 0.2) is 12.6 Å². The molecule has 0 aromatic rings. The van der Waals surface area contributed by atoms with Crippen LogP contribution in [0.2, 0.25) is 0 Å². The maximum atomic E-state index is 13.0. The lowest BCUT2D eigenvalue weighted by Gasteiger charge is -2.42. The quantitative estimate of drug-likeness (QED) is 0.0186. The molecular weight excluding hydrogens is 813 g/mol. The zero-order valence-corrected chi connectivity index (χ0v) is 39.3. The third kappa shape index (κ3) is 26.0. The van der Waals surface area contributed by atoms with E-state index in [1.54, 1.807) is 0 Å². The Hall–Kier alpha value is -1.27. The normalized spacial score (nSPS) is 27.0. The Labute approximate surface area is 380 Å². The Morgan fingerprint density at radius 3 is 1.44 bits per heavy atom. The number of unbranched alkanes of at least 4 members (excludes halogenated alkanes) is 24. The number of hydrogen-bond acceptors (Lipinski definition) is 14. The minimum absolute atomic E-state index is 0.0626. The summed E-state index contributed by atoms with van der Waals surface area (Å²) in [6.07, 6.45) is 21.3. The molecule has 14 heteroatoms. The molecule has 2 aliphatic heterocycles. The molecule has 14 nitrogen and oxygen atoms in total. The van der Waals surface area contributed by atoms with Crippen LogP contribution in [0.25, 0.3) is 0 Å². The highest BCUT2D eigenvalue weighted by molar-refractivity contribution is 5.69. The van der Waals surface area contributed by atoms with Gasteiger partial charge in [0, 0.05) is 13.0 Å². The first-order chi connectivity index (χ1) is 30.6. The smallest absolute Gasteiger partial charge is 0.306 e. The minimum atomic E-state index is -1.70. The predicted octanol–water partition coefficient (Wildman–Crippen LogP) is 7.07. The molecule has 7 N–H and O–H groups in total. The van der Waals surface area contributed by atoms with E-state index in [1.165, 1.54) is 122 Å². The standard InChI is InChI=1S/C49H92O14/c1-3-5-7-9-11-13-15-17-18-19-21-23-25-27-29-31-33-58-35-38(61-41(51)32-30-28-26-24-22-20-16-14-12-10-8-6-4-2)36-59-48-47(57)45(55)43(53)40(63-48)37-60-49-46(56)44(54)42(52)39(34-50)62-49/h17-18,38-40,42-50,52-57H,3-16,19-37H2,1-2H3/b18-17-. The predicted molar refractivity (Wildman–Crippen MR) is 243 cm³/mol. The Balaban J connectivity index is 1.78. The van der Waals surface area contributed by atoms with Crippen molar-refractivity contribution in [3.05, 3.63) is 12.2 Å². The second kappa shape index (κ2) is 37.8. The molecule has 0 aromatic heterocycles. The Bertz CT molecular complexity index is 1100. The van der Waals surface area contributed by atoms with Gasteiger partial charge < -0.3 is 64.2 Å². The molecule has 0 amide bonds. The van der Waals surface area contributed by atoms with Crippen LogP contribution < -0.4 is 0 Å². The van der Waals surface area contributed by atoms with E-state index in [-0.39, 0.29) is 25.6 Å². The van der Waals surface area contributed by atoms with E-state index in [9.17, 15) is 40.5 Å². The van der Waals surface area contributed by atoms with Crippen molar-refractivity contribution in [3.8, 4) is 0 Å². The number of carbonyl (C=O) groups excluding carboxylic acids is 1. The average Bonchev–Trinajstić information content (AvgIpc) is 3.28. The summed E-state index contributed by atoms with van der Waals surface area (Å²) in [6, 6.07) is 0. The largest absolute Gasteiger partial charge is 0.457 e. The van der Waals surface area contributed by atoms with Crippen molar-refractivity contribution in [1.29, 1.82) is 0 Å². The van der Waals surface area contributed by atoms with Gasteiger partial charge in [-0.2, -0.15) is 0 Å². The lowest BCUT2D eigenvalue weighted by Crippen LogP contribution is -2.61. The maximum Gasteiger partial charge on any atom is 0.306 e. The summed E-state index contributed by atoms with van der Waals surface area (Å²) in [5.41, 5.74) is 0. The molecule has 0 aliphatic carbocycles. The van der Waals surface area contributed by atoms with Crippen molar-refractivity contribution in [1.82, 2.24) is 0 Å². The summed E-state index contributed by atoms with van der Waals surface area (Å²) < 4.78 is 34.2. The van der Waals surface area contributed by atoms with Gasteiger partial charge in [-0.1, -0.05) is 161 Å². The first-order valence-electron chi connectivity index (χ1n) is 25.3. The first kappa shape index (κ1) is 57.9. The van der Waals surface area contributed by atoms with Crippen molar-refractivity contribution >= 4 is 5.97 Å². The number of aliphatic hydroxyl groups is 7. The SMILES string of the molecule is CCCCCCCC/C=C\CCCCCCCCOCC(COC1OC(COC2OC(CO)C(O)C(O)C2O)C(O)C(O)C1O)OC(=O)CCCCCCCCCCCCCCC. The zero-order chi connectivity index (χ0) is 45.9. The number of aliphatic hydroxyl groups excluding tert-OH is 7.